The molecule has 0 aliphatic heterocycles. The van der Waals surface area contributed by atoms with Crippen molar-refractivity contribution in [2.45, 2.75) is 39.2 Å². The van der Waals surface area contributed by atoms with Crippen molar-refractivity contribution in [3.8, 4) is 0 Å². The normalized spacial score (nSPS) is 20.3. The van der Waals surface area contributed by atoms with Crippen LogP contribution in [0.5, 0.6) is 0 Å². The van der Waals surface area contributed by atoms with Crippen molar-refractivity contribution < 1.29 is 4.74 Å². The van der Waals surface area contributed by atoms with Crippen LogP contribution < -0.4 is 0 Å². The van der Waals surface area contributed by atoms with Crippen LogP contribution >= 0.6 is 0 Å². The van der Waals surface area contributed by atoms with Gasteiger partial charge in [-0.1, -0.05) is 6.42 Å². The minimum Gasteiger partial charge on any atom is -0.379 e. The monoisotopic (exact) mass is 128 g/mol. The fourth-order valence-corrected chi connectivity index (χ4v) is 0.988. The zero-order valence-electron chi connectivity index (χ0n) is 6.39. The van der Waals surface area contributed by atoms with Gasteiger partial charge in [-0.05, 0) is 32.6 Å². The highest BCUT2D eigenvalue weighted by Gasteiger charge is 2.17. The molecule has 0 unspecified atom stereocenters. The van der Waals surface area contributed by atoms with E-state index in [4.69, 9.17) is 4.74 Å². The molecule has 9 heavy (non-hydrogen) atoms. The van der Waals surface area contributed by atoms with Gasteiger partial charge in [-0.3, -0.25) is 0 Å². The van der Waals surface area contributed by atoms with Gasteiger partial charge in [0, 0.05) is 6.61 Å². The number of hydrogen-bond donors (Lipinski definition) is 0. The van der Waals surface area contributed by atoms with E-state index in [1.54, 1.807) is 0 Å². The van der Waals surface area contributed by atoms with Crippen LogP contribution in [0.1, 0.15) is 33.1 Å². The lowest BCUT2D eigenvalue weighted by atomic mass is 9.86. The van der Waals surface area contributed by atoms with Crippen molar-refractivity contribution in [3.63, 3.8) is 0 Å². The summed E-state index contributed by atoms with van der Waals surface area (Å²) < 4.78 is 5.45. The summed E-state index contributed by atoms with van der Waals surface area (Å²) in [6, 6.07) is 0. The molecule has 0 saturated heterocycles. The highest BCUT2D eigenvalue weighted by molar-refractivity contribution is 4.68. The maximum Gasteiger partial charge on any atom is 0.0519 e. The Bertz CT molecular complexity index is 74.6. The van der Waals surface area contributed by atoms with Crippen LogP contribution in [0.15, 0.2) is 0 Å². The first kappa shape index (κ1) is 7.07. The van der Waals surface area contributed by atoms with E-state index in [0.29, 0.717) is 6.10 Å². The molecule has 0 bridgehead atoms. The molecular formula is C8H16O. The van der Waals surface area contributed by atoms with Gasteiger partial charge >= 0.3 is 0 Å². The molecule has 1 fully saturated rings. The lowest BCUT2D eigenvalue weighted by molar-refractivity contribution is 0.0298. The molecule has 0 aromatic heterocycles. The van der Waals surface area contributed by atoms with Crippen LogP contribution in [0.3, 0.4) is 0 Å². The van der Waals surface area contributed by atoms with E-state index in [2.05, 4.69) is 13.8 Å². The third kappa shape index (κ3) is 2.35. The summed E-state index contributed by atoms with van der Waals surface area (Å²) in [5.41, 5.74) is 0. The van der Waals surface area contributed by atoms with Gasteiger partial charge in [0.2, 0.25) is 0 Å². The second kappa shape index (κ2) is 3.21. The Morgan fingerprint density at radius 2 is 2.11 bits per heavy atom. The predicted octanol–water partition coefficient (Wildman–Crippen LogP) is 2.21. The maximum atomic E-state index is 5.45. The van der Waals surface area contributed by atoms with E-state index in [0.717, 1.165) is 12.5 Å². The molecule has 0 spiro atoms. The average molecular weight is 128 g/mol. The van der Waals surface area contributed by atoms with E-state index < -0.39 is 0 Å². The third-order valence-electron chi connectivity index (χ3n) is 1.89. The summed E-state index contributed by atoms with van der Waals surface area (Å²) in [7, 11) is 0. The molecule has 1 saturated carbocycles. The summed E-state index contributed by atoms with van der Waals surface area (Å²) in [5.74, 6) is 0.896. The minimum absolute atomic E-state index is 0.422. The smallest absolute Gasteiger partial charge is 0.0519 e. The minimum atomic E-state index is 0.422. The largest absolute Gasteiger partial charge is 0.379 e. The van der Waals surface area contributed by atoms with E-state index in [9.17, 15) is 0 Å². The van der Waals surface area contributed by atoms with Gasteiger partial charge in [0.1, 0.15) is 0 Å². The Balaban J connectivity index is 1.91. The quantitative estimate of drug-likeness (QED) is 0.566. The van der Waals surface area contributed by atoms with Gasteiger partial charge in [0.05, 0.1) is 6.10 Å². The molecule has 0 N–H and O–H groups in total. The fourth-order valence-electron chi connectivity index (χ4n) is 0.988. The molecule has 54 valence electrons. The number of ether oxygens (including phenoxy) is 1. The van der Waals surface area contributed by atoms with Gasteiger partial charge in [-0.2, -0.15) is 0 Å². The highest BCUT2D eigenvalue weighted by Crippen LogP contribution is 2.26. The molecule has 1 aliphatic rings. The lowest BCUT2D eigenvalue weighted by Gasteiger charge is -2.25. The first-order chi connectivity index (χ1) is 4.29. The Hall–Kier alpha value is -0.0400. The van der Waals surface area contributed by atoms with Crippen molar-refractivity contribution in [2.24, 2.45) is 5.92 Å². The van der Waals surface area contributed by atoms with Crippen LogP contribution in [-0.2, 0) is 4.74 Å². The van der Waals surface area contributed by atoms with Crippen molar-refractivity contribution in [3.05, 3.63) is 0 Å². The van der Waals surface area contributed by atoms with Crippen LogP contribution in [0.2, 0.25) is 0 Å². The van der Waals surface area contributed by atoms with Gasteiger partial charge in [0.15, 0.2) is 0 Å². The average Bonchev–Trinajstić information content (AvgIpc) is 1.60. The van der Waals surface area contributed by atoms with E-state index >= 15 is 0 Å². The predicted molar refractivity (Wildman–Crippen MR) is 38.4 cm³/mol. The second-order valence-electron chi connectivity index (χ2n) is 3.18. The lowest BCUT2D eigenvalue weighted by Crippen LogP contribution is -2.19. The van der Waals surface area contributed by atoms with E-state index in [1.165, 1.54) is 19.3 Å². The Labute approximate surface area is 57.4 Å². The first-order valence-corrected chi connectivity index (χ1v) is 3.90. The van der Waals surface area contributed by atoms with Gasteiger partial charge in [-0.15, -0.1) is 0 Å². The summed E-state index contributed by atoms with van der Waals surface area (Å²) in [6.07, 6.45) is 4.64. The number of hydrogen-bond acceptors (Lipinski definition) is 1. The maximum absolute atomic E-state index is 5.45. The van der Waals surface area contributed by atoms with Gasteiger partial charge in [0.25, 0.3) is 0 Å². The Morgan fingerprint density at radius 3 is 2.44 bits per heavy atom. The van der Waals surface area contributed by atoms with Gasteiger partial charge < -0.3 is 4.74 Å². The van der Waals surface area contributed by atoms with Crippen molar-refractivity contribution in [1.82, 2.24) is 0 Å². The van der Waals surface area contributed by atoms with Crippen molar-refractivity contribution in [1.29, 1.82) is 0 Å². The fraction of sp³-hybridized carbons (Fsp3) is 1.00. The third-order valence-corrected chi connectivity index (χ3v) is 1.89. The van der Waals surface area contributed by atoms with Crippen molar-refractivity contribution in [2.75, 3.05) is 6.61 Å². The summed E-state index contributed by atoms with van der Waals surface area (Å²) in [4.78, 5) is 0. The molecule has 1 aliphatic carbocycles. The van der Waals surface area contributed by atoms with Crippen LogP contribution in [-0.4, -0.2) is 12.7 Å². The molecule has 1 nitrogen and oxygen atoms in total. The molecule has 0 amide bonds. The molecule has 1 heteroatoms. The summed E-state index contributed by atoms with van der Waals surface area (Å²) in [6.45, 7) is 5.19. The summed E-state index contributed by atoms with van der Waals surface area (Å²) >= 11 is 0. The second-order valence-corrected chi connectivity index (χ2v) is 3.18. The number of rotatable bonds is 3. The molecule has 0 radical (unpaired) electrons. The Morgan fingerprint density at radius 1 is 1.44 bits per heavy atom. The van der Waals surface area contributed by atoms with Crippen LogP contribution in [0.4, 0.5) is 0 Å². The molecule has 1 rings (SSSR count). The zero-order chi connectivity index (χ0) is 6.69. The highest BCUT2D eigenvalue weighted by atomic mass is 16.5. The topological polar surface area (TPSA) is 9.23 Å². The van der Waals surface area contributed by atoms with E-state index in [1.807, 2.05) is 0 Å². The first-order valence-electron chi connectivity index (χ1n) is 3.90. The van der Waals surface area contributed by atoms with Crippen LogP contribution in [0, 0.1) is 5.92 Å². The zero-order valence-corrected chi connectivity index (χ0v) is 6.39. The molecular weight excluding hydrogens is 112 g/mol. The Kier molecular flexibility index (Phi) is 2.52. The van der Waals surface area contributed by atoms with Crippen LogP contribution in [0.25, 0.3) is 0 Å². The SMILES string of the molecule is CC(C)OCC1CCC1. The molecule has 0 aromatic carbocycles. The molecule has 0 heterocycles. The molecule has 0 aromatic rings. The summed E-state index contributed by atoms with van der Waals surface area (Å²) in [5, 5.41) is 0. The van der Waals surface area contributed by atoms with Gasteiger partial charge in [-0.25, -0.2) is 0 Å². The molecule has 0 atom stereocenters. The standard InChI is InChI=1S/C8H16O/c1-7(2)9-6-8-4-3-5-8/h7-8H,3-6H2,1-2H3. The van der Waals surface area contributed by atoms with E-state index in [-0.39, 0.29) is 0 Å². The van der Waals surface area contributed by atoms with Crippen molar-refractivity contribution >= 4 is 0 Å².